The van der Waals surface area contributed by atoms with Crippen molar-refractivity contribution in [2.45, 2.75) is 6.42 Å². The molecule has 0 radical (unpaired) electrons. The predicted molar refractivity (Wildman–Crippen MR) is 138 cm³/mol. The monoisotopic (exact) mass is 536 g/mol. The maximum atomic E-state index is 12.0. The minimum absolute atomic E-state index is 0.175. The van der Waals surface area contributed by atoms with Crippen molar-refractivity contribution in [3.8, 4) is 28.7 Å². The molecule has 0 saturated heterocycles. The van der Waals surface area contributed by atoms with Crippen molar-refractivity contribution in [2.24, 2.45) is 0 Å². The molecule has 35 heavy (non-hydrogen) atoms. The van der Waals surface area contributed by atoms with Gasteiger partial charge in [0.1, 0.15) is 5.75 Å². The zero-order valence-electron chi connectivity index (χ0n) is 19.1. The van der Waals surface area contributed by atoms with Crippen LogP contribution in [0.2, 0.25) is 15.1 Å². The minimum Gasteiger partial charge on any atom is -0.493 e. The predicted octanol–water partition coefficient (Wildman–Crippen LogP) is 7.48. The lowest BCUT2D eigenvalue weighted by Crippen LogP contribution is -2.07. The van der Waals surface area contributed by atoms with Gasteiger partial charge in [-0.25, -0.2) is 4.79 Å². The van der Waals surface area contributed by atoms with E-state index in [9.17, 15) is 4.79 Å². The molecule has 0 aliphatic carbocycles. The molecule has 9 heteroatoms. The van der Waals surface area contributed by atoms with Crippen LogP contribution in [0, 0.1) is 0 Å². The molecule has 0 saturated carbocycles. The first kappa shape index (κ1) is 26.5. The van der Waals surface area contributed by atoms with Crippen LogP contribution in [0.4, 0.5) is 0 Å². The number of benzene rings is 3. The summed E-state index contributed by atoms with van der Waals surface area (Å²) in [4.78, 5) is 12.0. The van der Waals surface area contributed by atoms with E-state index in [1.807, 2.05) is 0 Å². The van der Waals surface area contributed by atoms with E-state index in [0.717, 1.165) is 5.56 Å². The van der Waals surface area contributed by atoms with Gasteiger partial charge in [0.15, 0.2) is 23.0 Å². The van der Waals surface area contributed by atoms with Gasteiger partial charge < -0.3 is 23.7 Å². The molecule has 3 aromatic rings. The van der Waals surface area contributed by atoms with Gasteiger partial charge in [-0.15, -0.1) is 0 Å². The molecule has 0 aromatic heterocycles. The van der Waals surface area contributed by atoms with Gasteiger partial charge in [0.25, 0.3) is 0 Å². The van der Waals surface area contributed by atoms with Crippen LogP contribution in [0.5, 0.6) is 28.7 Å². The van der Waals surface area contributed by atoms with Crippen LogP contribution < -0.4 is 18.9 Å². The van der Waals surface area contributed by atoms with Crippen LogP contribution in [0.25, 0.3) is 6.08 Å². The largest absolute Gasteiger partial charge is 0.493 e. The average molecular weight is 538 g/mol. The summed E-state index contributed by atoms with van der Waals surface area (Å²) in [6.07, 6.45) is 3.45. The topological polar surface area (TPSA) is 63.2 Å². The Morgan fingerprint density at radius 1 is 0.771 bits per heavy atom. The van der Waals surface area contributed by atoms with E-state index < -0.39 is 5.97 Å². The molecule has 0 aliphatic rings. The molecule has 0 fully saturated rings. The Balaban J connectivity index is 1.49. The third-order valence-corrected chi connectivity index (χ3v) is 5.40. The highest BCUT2D eigenvalue weighted by atomic mass is 35.5. The lowest BCUT2D eigenvalue weighted by atomic mass is 10.2. The number of carbonyl (C=O) groups excluding carboxylic acids is 1. The normalized spacial score (nSPS) is 10.8. The van der Waals surface area contributed by atoms with Gasteiger partial charge in [0.2, 0.25) is 0 Å². The van der Waals surface area contributed by atoms with Gasteiger partial charge >= 0.3 is 5.97 Å². The lowest BCUT2D eigenvalue weighted by molar-refractivity contribution is -0.137. The molecule has 3 rings (SSSR count). The summed E-state index contributed by atoms with van der Waals surface area (Å²) < 4.78 is 27.3. The Kier molecular flexibility index (Phi) is 9.97. The van der Waals surface area contributed by atoms with Gasteiger partial charge in [0, 0.05) is 28.6 Å². The number of methoxy groups -OCH3 is 2. The van der Waals surface area contributed by atoms with Crippen LogP contribution in [-0.4, -0.2) is 33.4 Å². The van der Waals surface area contributed by atoms with Crippen molar-refractivity contribution in [3.63, 3.8) is 0 Å². The van der Waals surface area contributed by atoms with Crippen LogP contribution in [-0.2, 0) is 9.53 Å². The maximum Gasteiger partial charge on any atom is 0.330 e. The van der Waals surface area contributed by atoms with Crippen LogP contribution in [0.15, 0.2) is 60.7 Å². The summed E-state index contributed by atoms with van der Waals surface area (Å²) in [5.74, 6) is 2.01. The second-order valence-corrected chi connectivity index (χ2v) is 8.37. The van der Waals surface area contributed by atoms with Gasteiger partial charge in [-0.2, -0.15) is 0 Å². The standard InChI is InChI=1S/C26H23Cl3O6/c1-31-22-8-4-17(14-24(22)32-2)5-11-26(30)34-13-3-12-33-25-16-19(28)7-10-23(25)35-21-9-6-18(27)15-20(21)29/h4-11,14-16H,3,12-13H2,1-2H3/b11-5+. The smallest absolute Gasteiger partial charge is 0.330 e. The second-order valence-electron chi connectivity index (χ2n) is 7.09. The molecule has 0 unspecified atom stereocenters. The van der Waals surface area contributed by atoms with E-state index in [1.165, 1.54) is 6.08 Å². The van der Waals surface area contributed by atoms with Crippen molar-refractivity contribution in [2.75, 3.05) is 27.4 Å². The Morgan fingerprint density at radius 3 is 2.17 bits per heavy atom. The van der Waals surface area contributed by atoms with E-state index in [2.05, 4.69) is 0 Å². The maximum absolute atomic E-state index is 12.0. The van der Waals surface area contributed by atoms with Crippen molar-refractivity contribution < 1.29 is 28.5 Å². The minimum atomic E-state index is -0.469. The Hall–Kier alpha value is -3.06. The molecule has 6 nitrogen and oxygen atoms in total. The molecule has 0 amide bonds. The SMILES string of the molecule is COc1ccc(/C=C/C(=O)OCCCOc2cc(Cl)ccc2Oc2ccc(Cl)cc2Cl)cc1OC. The lowest BCUT2D eigenvalue weighted by Gasteiger charge is -2.14. The number of esters is 1. The number of carbonyl (C=O) groups is 1. The fourth-order valence-corrected chi connectivity index (χ4v) is 3.55. The third kappa shape index (κ3) is 7.99. The molecule has 0 atom stereocenters. The van der Waals surface area contributed by atoms with Crippen molar-refractivity contribution >= 4 is 46.8 Å². The fourth-order valence-electron chi connectivity index (χ4n) is 2.94. The molecule has 184 valence electrons. The van der Waals surface area contributed by atoms with Gasteiger partial charge in [-0.05, 0) is 54.1 Å². The Labute approximate surface area is 218 Å². The molecular weight excluding hydrogens is 515 g/mol. The molecule has 0 heterocycles. The highest BCUT2D eigenvalue weighted by molar-refractivity contribution is 6.35. The molecule has 0 N–H and O–H groups in total. The van der Waals surface area contributed by atoms with E-state index in [1.54, 1.807) is 74.9 Å². The van der Waals surface area contributed by atoms with E-state index in [0.29, 0.717) is 50.2 Å². The van der Waals surface area contributed by atoms with Crippen molar-refractivity contribution in [1.82, 2.24) is 0 Å². The molecule has 3 aromatic carbocycles. The molecule has 0 spiro atoms. The molecular formula is C26H23Cl3O6. The van der Waals surface area contributed by atoms with Crippen molar-refractivity contribution in [3.05, 3.63) is 81.3 Å². The van der Waals surface area contributed by atoms with Gasteiger partial charge in [-0.3, -0.25) is 0 Å². The first-order chi connectivity index (χ1) is 16.9. The zero-order valence-corrected chi connectivity index (χ0v) is 21.3. The summed E-state index contributed by atoms with van der Waals surface area (Å²) in [6.45, 7) is 0.451. The number of hydrogen-bond acceptors (Lipinski definition) is 6. The van der Waals surface area contributed by atoms with Crippen LogP contribution in [0.1, 0.15) is 12.0 Å². The first-order valence-corrected chi connectivity index (χ1v) is 11.6. The second kappa shape index (κ2) is 13.1. The van der Waals surface area contributed by atoms with E-state index in [4.69, 9.17) is 58.5 Å². The van der Waals surface area contributed by atoms with Gasteiger partial charge in [0.05, 0.1) is 32.5 Å². The summed E-state index contributed by atoms with van der Waals surface area (Å²) >= 11 is 18.2. The highest BCUT2D eigenvalue weighted by Gasteiger charge is 2.11. The molecule has 0 bridgehead atoms. The van der Waals surface area contributed by atoms with Crippen LogP contribution in [0.3, 0.4) is 0 Å². The summed E-state index contributed by atoms with van der Waals surface area (Å²) in [5, 5.41) is 1.36. The average Bonchev–Trinajstić information content (AvgIpc) is 2.85. The van der Waals surface area contributed by atoms with E-state index in [-0.39, 0.29) is 13.2 Å². The number of rotatable bonds is 11. The van der Waals surface area contributed by atoms with Crippen molar-refractivity contribution in [1.29, 1.82) is 0 Å². The van der Waals surface area contributed by atoms with E-state index >= 15 is 0 Å². The quantitative estimate of drug-likeness (QED) is 0.143. The number of ether oxygens (including phenoxy) is 5. The van der Waals surface area contributed by atoms with Crippen LogP contribution >= 0.6 is 34.8 Å². The Bertz CT molecular complexity index is 1200. The fraction of sp³-hybridized carbons (Fsp3) is 0.192. The third-order valence-electron chi connectivity index (χ3n) is 4.63. The summed E-state index contributed by atoms with van der Waals surface area (Å²) in [7, 11) is 3.11. The molecule has 0 aliphatic heterocycles. The zero-order chi connectivity index (χ0) is 25.2. The number of halogens is 3. The number of hydrogen-bond donors (Lipinski definition) is 0. The first-order valence-electron chi connectivity index (χ1n) is 10.5. The Morgan fingerprint density at radius 2 is 1.46 bits per heavy atom. The highest BCUT2D eigenvalue weighted by Crippen LogP contribution is 2.37. The van der Waals surface area contributed by atoms with Gasteiger partial charge in [-0.1, -0.05) is 40.9 Å². The summed E-state index contributed by atoms with van der Waals surface area (Å²) in [6, 6.07) is 15.3. The summed E-state index contributed by atoms with van der Waals surface area (Å²) in [5.41, 5.74) is 0.775.